The molecule has 4 aromatic heterocycles. The highest BCUT2D eigenvalue weighted by atomic mass is 16.5. The van der Waals surface area contributed by atoms with Crippen LogP contribution in [0, 0.1) is 12.8 Å². The molecule has 0 bridgehead atoms. The molecule has 13 heteroatoms. The second-order valence-corrected chi connectivity index (χ2v) is 10.0. The summed E-state index contributed by atoms with van der Waals surface area (Å²) in [6, 6.07) is 2.40. The highest BCUT2D eigenvalue weighted by Crippen LogP contribution is 2.53. The molecular weight excluding hydrogens is 502 g/mol. The zero-order valence-corrected chi connectivity index (χ0v) is 21.2. The lowest BCUT2D eigenvalue weighted by molar-refractivity contribution is -0.121. The summed E-state index contributed by atoms with van der Waals surface area (Å²) >= 11 is 0. The third-order valence-corrected chi connectivity index (χ3v) is 7.75. The van der Waals surface area contributed by atoms with E-state index in [-0.39, 0.29) is 58.5 Å². The molecule has 0 aromatic carbocycles. The van der Waals surface area contributed by atoms with Gasteiger partial charge in [0, 0.05) is 33.3 Å². The topological polar surface area (TPSA) is 163 Å². The Hall–Kier alpha value is -4.42. The molecule has 4 atom stereocenters. The highest BCUT2D eigenvalue weighted by Gasteiger charge is 2.60. The number of fused-ring (bicyclic) bond motifs is 2. The van der Waals surface area contributed by atoms with Gasteiger partial charge in [-0.05, 0) is 50.6 Å². The Morgan fingerprint density at radius 3 is 2.77 bits per heavy atom. The molecule has 0 spiro atoms. The average Bonchev–Trinajstić information content (AvgIpc) is 3.21. The van der Waals surface area contributed by atoms with Crippen molar-refractivity contribution in [2.75, 3.05) is 12.4 Å². The number of methoxy groups -OCH3 is 1. The number of alkyl carbamates (subject to hydrolysis) is 1. The number of nitrogens with zero attached hydrogens (tertiary/aromatic N) is 6. The summed E-state index contributed by atoms with van der Waals surface area (Å²) in [5, 5.41) is 10.0. The number of nitrogens with two attached hydrogens (primary N) is 1. The van der Waals surface area contributed by atoms with Gasteiger partial charge in [-0.25, -0.2) is 24.1 Å². The van der Waals surface area contributed by atoms with Crippen molar-refractivity contribution in [2.24, 2.45) is 18.6 Å². The number of aromatic nitrogens is 6. The maximum absolute atomic E-state index is 13.6. The van der Waals surface area contributed by atoms with Crippen molar-refractivity contribution in [3.63, 3.8) is 0 Å². The van der Waals surface area contributed by atoms with Crippen molar-refractivity contribution < 1.29 is 23.9 Å². The van der Waals surface area contributed by atoms with E-state index in [2.05, 4.69) is 30.4 Å². The van der Waals surface area contributed by atoms with Crippen LogP contribution in [0.25, 0.3) is 16.6 Å². The Morgan fingerprint density at radius 1 is 1.26 bits per heavy atom. The van der Waals surface area contributed by atoms with Crippen LogP contribution in [0.2, 0.25) is 0 Å². The number of hydrogen-bond acceptors (Lipinski definition) is 8. The van der Waals surface area contributed by atoms with E-state index in [0.717, 1.165) is 0 Å². The van der Waals surface area contributed by atoms with Crippen LogP contribution in [0.5, 0.6) is 0 Å². The zero-order chi connectivity index (χ0) is 33.6. The number of carbonyl (C=O) groups is 2. The van der Waals surface area contributed by atoms with Crippen molar-refractivity contribution in [1.29, 1.82) is 0 Å². The molecule has 2 amide bonds. The molecular formula is C26H31N9O4. The minimum absolute atomic E-state index is 0.0146. The molecule has 4 heterocycles. The van der Waals surface area contributed by atoms with Crippen LogP contribution < -0.4 is 22.1 Å². The van der Waals surface area contributed by atoms with E-state index in [1.54, 1.807) is 0 Å². The Kier molecular flexibility index (Phi) is 4.06. The van der Waals surface area contributed by atoms with E-state index in [4.69, 9.17) is 15.3 Å². The number of nitrogens with one attached hydrogen (secondary N) is 2. The van der Waals surface area contributed by atoms with Crippen molar-refractivity contribution in [3.8, 4) is 0 Å². The fourth-order valence-corrected chi connectivity index (χ4v) is 5.55. The van der Waals surface area contributed by atoms with Gasteiger partial charge in [0.1, 0.15) is 17.1 Å². The zero-order valence-electron chi connectivity index (χ0n) is 28.2. The second kappa shape index (κ2) is 8.82. The summed E-state index contributed by atoms with van der Waals surface area (Å²) in [7, 11) is 1.18. The molecule has 4 N–H and O–H groups in total. The van der Waals surface area contributed by atoms with Crippen LogP contribution in [0.4, 0.5) is 16.4 Å². The molecule has 4 aromatic rings. The van der Waals surface area contributed by atoms with Crippen LogP contribution >= 0.6 is 0 Å². The average molecular weight is 541 g/mol. The van der Waals surface area contributed by atoms with Crippen LogP contribution in [0.3, 0.4) is 0 Å². The Balaban J connectivity index is 1.43. The number of hydrogen-bond donors (Lipinski definition) is 3. The summed E-state index contributed by atoms with van der Waals surface area (Å²) in [4.78, 5) is 46.6. The van der Waals surface area contributed by atoms with Gasteiger partial charge in [-0.3, -0.25) is 13.9 Å². The number of carbonyl (C=O) groups excluding carboxylic acids is 2. The molecule has 0 saturated heterocycles. The van der Waals surface area contributed by atoms with Crippen molar-refractivity contribution >= 4 is 40.2 Å². The third kappa shape index (κ3) is 3.82. The first-order valence-corrected chi connectivity index (χ1v) is 12.4. The van der Waals surface area contributed by atoms with E-state index in [1.807, 2.05) is 6.92 Å². The molecule has 204 valence electrons. The van der Waals surface area contributed by atoms with Crippen molar-refractivity contribution in [3.05, 3.63) is 46.4 Å². The Bertz CT molecular complexity index is 1970. The summed E-state index contributed by atoms with van der Waals surface area (Å²) in [6.45, 7) is -3.61. The maximum Gasteiger partial charge on any atom is 0.407 e. The molecule has 2 aliphatic carbocycles. The third-order valence-electron chi connectivity index (χ3n) is 7.75. The fraction of sp³-hybridized carbons (Fsp3) is 0.462. The first-order valence-electron chi connectivity index (χ1n) is 15.9. The quantitative estimate of drug-likeness (QED) is 0.334. The first kappa shape index (κ1) is 18.0. The number of aryl methyl sites for hydroxylation is 2. The first-order chi connectivity index (χ1) is 21.4. The van der Waals surface area contributed by atoms with Crippen LogP contribution in [-0.2, 0) is 21.9 Å². The van der Waals surface area contributed by atoms with Gasteiger partial charge >= 0.3 is 11.8 Å². The number of primary amides is 1. The van der Waals surface area contributed by atoms with E-state index >= 15 is 0 Å². The van der Waals surface area contributed by atoms with Gasteiger partial charge in [0.25, 0.3) is 0 Å². The minimum atomic E-state index is -2.83. The lowest BCUT2D eigenvalue weighted by Crippen LogP contribution is -2.33. The predicted octanol–water partition coefficient (Wildman–Crippen LogP) is 2.04. The predicted molar refractivity (Wildman–Crippen MR) is 143 cm³/mol. The van der Waals surface area contributed by atoms with Gasteiger partial charge in [0.15, 0.2) is 5.82 Å². The number of pyridine rings is 1. The number of ether oxygens (including phenoxy) is 1. The molecule has 2 aliphatic rings. The standard InChI is InChI=1S/C26H31N9O4/c1-13-11-26(13,22(27)36)23-29-14(2)17-7-8-20(32-35(17)23)31-21-10-18-19(12-28-21)33(3)25(38)34(18)16-6-5-15(9-16)30-24(37)39-4/h7-8,10,12-13,15-16H,5-6,9,11H2,1-4H3,(H2,27,36)(H,30,37)(H,28,31,32)/t13-,15+,16+,26-/m0/s1/i2D3,3D3,15D. The second-order valence-electron chi connectivity index (χ2n) is 10.0. The smallest absolute Gasteiger partial charge is 0.407 e. The number of rotatable bonds is 6. The molecule has 2 saturated carbocycles. The normalized spacial score (nSPS) is 29.4. The lowest BCUT2D eigenvalue weighted by Gasteiger charge is -2.14. The Morgan fingerprint density at radius 2 is 2.08 bits per heavy atom. The summed E-state index contributed by atoms with van der Waals surface area (Å²) in [6.07, 6.45) is 1.33. The molecule has 0 radical (unpaired) electrons. The van der Waals surface area contributed by atoms with Gasteiger partial charge in [-0.15, -0.1) is 5.10 Å². The van der Waals surface area contributed by atoms with Gasteiger partial charge in [0.05, 0.1) is 36.9 Å². The molecule has 39 heavy (non-hydrogen) atoms. The van der Waals surface area contributed by atoms with Crippen molar-refractivity contribution in [1.82, 2.24) is 34.0 Å². The van der Waals surface area contributed by atoms with E-state index < -0.39 is 49.0 Å². The molecule has 2 fully saturated rings. The Labute approximate surface area is 233 Å². The van der Waals surface area contributed by atoms with Crippen LogP contribution in [0.15, 0.2) is 29.2 Å². The molecule has 6 rings (SSSR count). The number of amides is 2. The summed E-state index contributed by atoms with van der Waals surface area (Å²) in [5.74, 6) is -0.355. The van der Waals surface area contributed by atoms with Crippen LogP contribution in [-0.4, -0.2) is 53.8 Å². The van der Waals surface area contributed by atoms with E-state index in [1.165, 1.54) is 40.6 Å². The number of imidazole rings is 2. The molecule has 0 aliphatic heterocycles. The molecule has 13 nitrogen and oxygen atoms in total. The lowest BCUT2D eigenvalue weighted by atomic mass is 10.0. The fourth-order valence-electron chi connectivity index (χ4n) is 5.55. The molecule has 0 unspecified atom stereocenters. The maximum atomic E-state index is 13.6. The highest BCUT2D eigenvalue weighted by molar-refractivity contribution is 5.90. The minimum Gasteiger partial charge on any atom is -0.453 e. The SMILES string of the molecule is [2H]C([2H])([2H])c1nc([C@@]2(C(N)=O)C[C@@H]2C)n2nc(Nc3cc4c(cn3)n(C([2H])([2H])[2H])c(=O)n4[C@@H]3CC[C@@]([2H])(NC(=O)OC)C3)ccc12. The van der Waals surface area contributed by atoms with Crippen LogP contribution in [0.1, 0.15) is 59.8 Å². The number of anilines is 2. The van der Waals surface area contributed by atoms with Gasteiger partial charge in [-0.2, -0.15) is 0 Å². The summed E-state index contributed by atoms with van der Waals surface area (Å²) < 4.78 is 64.4. The van der Waals surface area contributed by atoms with Gasteiger partial charge in [-0.1, -0.05) is 6.92 Å². The van der Waals surface area contributed by atoms with Crippen molar-refractivity contribution in [2.45, 2.75) is 56.9 Å². The van der Waals surface area contributed by atoms with E-state index in [0.29, 0.717) is 17.4 Å². The van der Waals surface area contributed by atoms with Gasteiger partial charge in [0.2, 0.25) is 5.91 Å². The monoisotopic (exact) mass is 540 g/mol. The van der Waals surface area contributed by atoms with E-state index in [9.17, 15) is 14.4 Å². The summed E-state index contributed by atoms with van der Waals surface area (Å²) in [5.41, 5.74) is 3.95. The largest absolute Gasteiger partial charge is 0.453 e. The van der Waals surface area contributed by atoms with Gasteiger partial charge < -0.3 is 21.1 Å².